The summed E-state index contributed by atoms with van der Waals surface area (Å²) in [4.78, 5) is 24.6. The van der Waals surface area contributed by atoms with E-state index in [0.29, 0.717) is 23.3 Å². The molecule has 24 heavy (non-hydrogen) atoms. The molecular formula is C20H25NO3. The predicted molar refractivity (Wildman–Crippen MR) is 90.7 cm³/mol. The number of aliphatic carboxylic acids is 1. The summed E-state index contributed by atoms with van der Waals surface area (Å²) in [7, 11) is 0. The zero-order chi connectivity index (χ0) is 16.9. The van der Waals surface area contributed by atoms with Crippen molar-refractivity contribution in [1.29, 1.82) is 0 Å². The lowest BCUT2D eigenvalue weighted by Gasteiger charge is -2.58. The van der Waals surface area contributed by atoms with Crippen molar-refractivity contribution in [2.75, 3.05) is 0 Å². The molecule has 0 radical (unpaired) electrons. The van der Waals surface area contributed by atoms with Crippen molar-refractivity contribution >= 4 is 11.9 Å². The minimum Gasteiger partial charge on any atom is -0.480 e. The Morgan fingerprint density at radius 1 is 1.04 bits per heavy atom. The second-order valence-electron chi connectivity index (χ2n) is 8.39. The lowest BCUT2D eigenvalue weighted by Crippen LogP contribution is -2.59. The number of carboxylic acids is 1. The Labute approximate surface area is 142 Å². The zero-order valence-electron chi connectivity index (χ0n) is 14.1. The van der Waals surface area contributed by atoms with Crippen molar-refractivity contribution in [2.45, 2.75) is 51.5 Å². The molecule has 1 aromatic carbocycles. The monoisotopic (exact) mass is 327 g/mol. The molecule has 0 spiro atoms. The largest absolute Gasteiger partial charge is 0.480 e. The standard InChI is InChI=1S/C20H25NO3/c1-12-2-4-16(5-3-12)18(22)21-17(19(23)24)20-9-13-6-14(10-20)8-15(7-13)11-20/h2-5,13-15,17H,6-11H2,1H3,(H,21,22)(H,23,24)/t13?,14?,15?,17-,20?/m0/s1. The van der Waals surface area contributed by atoms with Crippen LogP contribution in [-0.2, 0) is 4.79 Å². The molecule has 0 heterocycles. The van der Waals surface area contributed by atoms with Gasteiger partial charge in [-0.25, -0.2) is 4.79 Å². The van der Waals surface area contributed by atoms with Crippen LogP contribution >= 0.6 is 0 Å². The van der Waals surface area contributed by atoms with Crippen LogP contribution < -0.4 is 5.32 Å². The van der Waals surface area contributed by atoms with E-state index in [1.54, 1.807) is 12.1 Å². The second-order valence-corrected chi connectivity index (χ2v) is 8.39. The van der Waals surface area contributed by atoms with Crippen molar-refractivity contribution in [3.63, 3.8) is 0 Å². The summed E-state index contributed by atoms with van der Waals surface area (Å²) in [5, 5.41) is 12.7. The molecule has 1 atom stereocenters. The van der Waals surface area contributed by atoms with Gasteiger partial charge in [-0.2, -0.15) is 0 Å². The third-order valence-electron chi connectivity index (χ3n) is 6.53. The topological polar surface area (TPSA) is 66.4 Å². The zero-order valence-corrected chi connectivity index (χ0v) is 14.1. The molecule has 0 saturated heterocycles. The molecule has 0 aromatic heterocycles. The fourth-order valence-electron chi connectivity index (χ4n) is 5.93. The van der Waals surface area contributed by atoms with Gasteiger partial charge in [-0.05, 0) is 75.3 Å². The number of hydrogen-bond donors (Lipinski definition) is 2. The lowest BCUT2D eigenvalue weighted by molar-refractivity contribution is -0.150. The highest BCUT2D eigenvalue weighted by Gasteiger charge is 2.56. The van der Waals surface area contributed by atoms with Gasteiger partial charge in [-0.3, -0.25) is 4.79 Å². The molecule has 4 aliphatic rings. The van der Waals surface area contributed by atoms with E-state index in [-0.39, 0.29) is 11.3 Å². The number of rotatable bonds is 4. The van der Waals surface area contributed by atoms with E-state index < -0.39 is 12.0 Å². The fraction of sp³-hybridized carbons (Fsp3) is 0.600. The van der Waals surface area contributed by atoms with Gasteiger partial charge < -0.3 is 10.4 Å². The van der Waals surface area contributed by atoms with Crippen LogP contribution in [0.15, 0.2) is 24.3 Å². The van der Waals surface area contributed by atoms with E-state index in [9.17, 15) is 14.7 Å². The minimum absolute atomic E-state index is 0.235. The Bertz CT molecular complexity index is 629. The average molecular weight is 327 g/mol. The molecule has 0 aliphatic heterocycles. The van der Waals surface area contributed by atoms with Crippen molar-refractivity contribution in [1.82, 2.24) is 5.32 Å². The van der Waals surface area contributed by atoms with Crippen LogP contribution in [0.2, 0.25) is 0 Å². The summed E-state index contributed by atoms with van der Waals surface area (Å²) in [6.45, 7) is 1.97. The van der Waals surface area contributed by atoms with Gasteiger partial charge in [0, 0.05) is 11.0 Å². The Kier molecular flexibility index (Phi) is 3.66. The van der Waals surface area contributed by atoms with Crippen LogP contribution in [0, 0.1) is 30.1 Å². The molecule has 0 unspecified atom stereocenters. The van der Waals surface area contributed by atoms with E-state index in [0.717, 1.165) is 24.8 Å². The summed E-state index contributed by atoms with van der Waals surface area (Å²) in [6.07, 6.45) is 6.67. The molecule has 5 rings (SSSR count). The predicted octanol–water partition coefficient (Wildman–Crippen LogP) is 3.39. The first kappa shape index (κ1) is 15.7. The van der Waals surface area contributed by atoms with Crippen LogP contribution in [0.3, 0.4) is 0 Å². The van der Waals surface area contributed by atoms with Crippen LogP contribution in [0.5, 0.6) is 0 Å². The first-order chi connectivity index (χ1) is 11.4. The van der Waals surface area contributed by atoms with Gasteiger partial charge in [0.25, 0.3) is 5.91 Å². The fourth-order valence-corrected chi connectivity index (χ4v) is 5.93. The molecule has 4 saturated carbocycles. The van der Waals surface area contributed by atoms with Gasteiger partial charge in [0.05, 0.1) is 0 Å². The van der Waals surface area contributed by atoms with E-state index in [4.69, 9.17) is 0 Å². The van der Waals surface area contributed by atoms with Crippen LogP contribution in [0.25, 0.3) is 0 Å². The highest BCUT2D eigenvalue weighted by Crippen LogP contribution is 2.61. The summed E-state index contributed by atoms with van der Waals surface area (Å²) in [5.41, 5.74) is 1.39. The minimum atomic E-state index is -0.877. The van der Waals surface area contributed by atoms with Gasteiger partial charge in [0.1, 0.15) is 6.04 Å². The molecule has 1 aromatic rings. The molecule has 1 amide bonds. The maximum Gasteiger partial charge on any atom is 0.326 e. The molecule has 4 heteroatoms. The van der Waals surface area contributed by atoms with E-state index >= 15 is 0 Å². The molecule has 128 valence electrons. The first-order valence-electron chi connectivity index (χ1n) is 9.05. The van der Waals surface area contributed by atoms with Crippen LogP contribution in [-0.4, -0.2) is 23.0 Å². The van der Waals surface area contributed by atoms with Gasteiger partial charge >= 0.3 is 5.97 Å². The average Bonchev–Trinajstić information content (AvgIpc) is 2.51. The maximum atomic E-state index is 12.6. The van der Waals surface area contributed by atoms with Crippen molar-refractivity contribution in [3.8, 4) is 0 Å². The molecule has 2 N–H and O–H groups in total. The van der Waals surface area contributed by atoms with Gasteiger partial charge in [-0.15, -0.1) is 0 Å². The summed E-state index contributed by atoms with van der Waals surface area (Å²) < 4.78 is 0. The van der Waals surface area contributed by atoms with Crippen LogP contribution in [0.1, 0.15) is 54.4 Å². The third kappa shape index (κ3) is 2.62. The van der Waals surface area contributed by atoms with Gasteiger partial charge in [0.2, 0.25) is 0 Å². The summed E-state index contributed by atoms with van der Waals surface area (Å²) in [5.74, 6) is 0.841. The number of carbonyl (C=O) groups is 2. The SMILES string of the molecule is Cc1ccc(C(=O)N[C@@H](C(=O)O)C23CC4CC(CC(C4)C2)C3)cc1. The Balaban J connectivity index is 1.57. The smallest absolute Gasteiger partial charge is 0.326 e. The second kappa shape index (κ2) is 5.61. The molecule has 4 aliphatic carbocycles. The van der Waals surface area contributed by atoms with E-state index in [2.05, 4.69) is 5.32 Å². The number of aryl methyl sites for hydroxylation is 1. The summed E-state index contributed by atoms with van der Waals surface area (Å²) in [6, 6.07) is 6.54. The molecule has 4 nitrogen and oxygen atoms in total. The van der Waals surface area contributed by atoms with E-state index in [1.807, 2.05) is 19.1 Å². The van der Waals surface area contributed by atoms with Gasteiger partial charge in [0.15, 0.2) is 0 Å². The number of carboxylic acid groups (broad SMARTS) is 1. The number of hydrogen-bond acceptors (Lipinski definition) is 2. The highest BCUT2D eigenvalue weighted by molar-refractivity contribution is 5.96. The normalized spacial score (nSPS) is 34.8. The Morgan fingerprint density at radius 2 is 1.54 bits per heavy atom. The maximum absolute atomic E-state index is 12.6. The molecule has 4 bridgehead atoms. The molecular weight excluding hydrogens is 302 g/mol. The number of amides is 1. The Morgan fingerprint density at radius 3 is 2.00 bits per heavy atom. The van der Waals surface area contributed by atoms with Crippen molar-refractivity contribution in [3.05, 3.63) is 35.4 Å². The van der Waals surface area contributed by atoms with Crippen molar-refractivity contribution < 1.29 is 14.7 Å². The molecule has 4 fully saturated rings. The number of nitrogens with one attached hydrogen (secondary N) is 1. The van der Waals surface area contributed by atoms with Crippen molar-refractivity contribution in [2.24, 2.45) is 23.2 Å². The van der Waals surface area contributed by atoms with Crippen LogP contribution in [0.4, 0.5) is 0 Å². The quantitative estimate of drug-likeness (QED) is 0.891. The number of carbonyl (C=O) groups excluding carboxylic acids is 1. The number of benzene rings is 1. The third-order valence-corrected chi connectivity index (χ3v) is 6.53. The Hall–Kier alpha value is -1.84. The van der Waals surface area contributed by atoms with Gasteiger partial charge in [-0.1, -0.05) is 17.7 Å². The first-order valence-corrected chi connectivity index (χ1v) is 9.05. The van der Waals surface area contributed by atoms with E-state index in [1.165, 1.54) is 19.3 Å². The summed E-state index contributed by atoms with van der Waals surface area (Å²) >= 11 is 0. The lowest BCUT2D eigenvalue weighted by atomic mass is 9.47. The highest BCUT2D eigenvalue weighted by atomic mass is 16.4.